The summed E-state index contributed by atoms with van der Waals surface area (Å²) >= 11 is 0. The van der Waals surface area contributed by atoms with Crippen molar-refractivity contribution in [3.8, 4) is 5.88 Å². The van der Waals surface area contributed by atoms with Crippen molar-refractivity contribution in [2.45, 2.75) is 32.9 Å². The highest BCUT2D eigenvalue weighted by Crippen LogP contribution is 2.24. The van der Waals surface area contributed by atoms with Gasteiger partial charge < -0.3 is 14.2 Å². The molecule has 0 spiro atoms. The van der Waals surface area contributed by atoms with Crippen LogP contribution in [0.25, 0.3) is 0 Å². The number of rotatable bonds is 5. The van der Waals surface area contributed by atoms with Gasteiger partial charge in [-0.05, 0) is 26.3 Å². The van der Waals surface area contributed by atoms with Crippen LogP contribution in [0.4, 0.5) is 0 Å². The van der Waals surface area contributed by atoms with Crippen LogP contribution in [-0.2, 0) is 26.6 Å². The standard InChI is InChI=1S/C16H25N5O/c1-12-14(16(22-4)20(3)18-12)11-19(2)9-13-5-6-15-17-7-8-21(15)10-13/h7-8,13H,5-6,9-11H2,1-4H3. The van der Waals surface area contributed by atoms with Crippen LogP contribution < -0.4 is 4.74 Å². The van der Waals surface area contributed by atoms with Crippen LogP contribution in [0.1, 0.15) is 23.5 Å². The number of methoxy groups -OCH3 is 1. The Hall–Kier alpha value is -1.82. The molecule has 3 rings (SSSR count). The van der Waals surface area contributed by atoms with Gasteiger partial charge in [-0.3, -0.25) is 0 Å². The van der Waals surface area contributed by atoms with Crippen molar-refractivity contribution >= 4 is 0 Å². The van der Waals surface area contributed by atoms with Crippen molar-refractivity contribution in [1.29, 1.82) is 0 Å². The molecule has 1 aliphatic rings. The van der Waals surface area contributed by atoms with Gasteiger partial charge in [-0.2, -0.15) is 5.10 Å². The normalized spacial score (nSPS) is 17.8. The highest BCUT2D eigenvalue weighted by Gasteiger charge is 2.22. The zero-order valence-corrected chi connectivity index (χ0v) is 13.9. The average Bonchev–Trinajstić information content (AvgIpc) is 3.03. The van der Waals surface area contributed by atoms with Crippen LogP contribution in [0.2, 0.25) is 0 Å². The molecule has 0 radical (unpaired) electrons. The average molecular weight is 303 g/mol. The van der Waals surface area contributed by atoms with Crippen LogP contribution in [0.3, 0.4) is 0 Å². The minimum Gasteiger partial charge on any atom is -0.481 e. The van der Waals surface area contributed by atoms with Gasteiger partial charge in [-0.15, -0.1) is 0 Å². The Balaban J connectivity index is 1.63. The summed E-state index contributed by atoms with van der Waals surface area (Å²) in [4.78, 5) is 6.77. The largest absolute Gasteiger partial charge is 0.481 e. The summed E-state index contributed by atoms with van der Waals surface area (Å²) in [7, 11) is 5.81. The van der Waals surface area contributed by atoms with E-state index in [9.17, 15) is 0 Å². The van der Waals surface area contributed by atoms with Gasteiger partial charge >= 0.3 is 0 Å². The van der Waals surface area contributed by atoms with Crippen LogP contribution in [-0.4, -0.2) is 44.9 Å². The lowest BCUT2D eigenvalue weighted by Gasteiger charge is -2.28. The number of aryl methyl sites for hydroxylation is 3. The van der Waals surface area contributed by atoms with E-state index in [0.29, 0.717) is 5.92 Å². The second kappa shape index (κ2) is 6.12. The molecule has 1 unspecified atom stereocenters. The molecule has 2 aromatic heterocycles. The van der Waals surface area contributed by atoms with Gasteiger partial charge in [0, 0.05) is 45.5 Å². The number of fused-ring (bicyclic) bond motifs is 1. The summed E-state index contributed by atoms with van der Waals surface area (Å²) < 4.78 is 9.59. The van der Waals surface area contributed by atoms with E-state index in [0.717, 1.165) is 37.6 Å². The Morgan fingerprint density at radius 3 is 3.05 bits per heavy atom. The summed E-state index contributed by atoms with van der Waals surface area (Å²) in [6.45, 7) is 5.07. The van der Waals surface area contributed by atoms with Crippen LogP contribution >= 0.6 is 0 Å². The number of nitrogens with zero attached hydrogens (tertiary/aromatic N) is 5. The topological polar surface area (TPSA) is 48.1 Å². The van der Waals surface area contributed by atoms with E-state index >= 15 is 0 Å². The lowest BCUT2D eigenvalue weighted by Crippen LogP contribution is -2.31. The van der Waals surface area contributed by atoms with E-state index in [1.165, 1.54) is 17.8 Å². The molecule has 0 saturated heterocycles. The van der Waals surface area contributed by atoms with Gasteiger partial charge in [-0.25, -0.2) is 9.67 Å². The minimum atomic E-state index is 0.676. The molecule has 2 aromatic rings. The van der Waals surface area contributed by atoms with Crippen molar-refractivity contribution in [2.75, 3.05) is 20.7 Å². The number of aromatic nitrogens is 4. The zero-order chi connectivity index (χ0) is 15.7. The molecule has 120 valence electrons. The zero-order valence-electron chi connectivity index (χ0n) is 13.9. The van der Waals surface area contributed by atoms with E-state index in [2.05, 4.69) is 32.8 Å². The fourth-order valence-corrected chi connectivity index (χ4v) is 3.48. The van der Waals surface area contributed by atoms with Crippen molar-refractivity contribution in [2.24, 2.45) is 13.0 Å². The number of hydrogen-bond acceptors (Lipinski definition) is 4. The minimum absolute atomic E-state index is 0.676. The quantitative estimate of drug-likeness (QED) is 0.842. The van der Waals surface area contributed by atoms with E-state index in [1.54, 1.807) is 7.11 Å². The number of ether oxygens (including phenoxy) is 1. The molecule has 6 heteroatoms. The Morgan fingerprint density at radius 2 is 2.27 bits per heavy atom. The van der Waals surface area contributed by atoms with Crippen LogP contribution in [0.5, 0.6) is 5.88 Å². The predicted octanol–water partition coefficient (Wildman–Crippen LogP) is 1.63. The molecule has 0 bridgehead atoms. The van der Waals surface area contributed by atoms with Gasteiger partial charge in [0.25, 0.3) is 0 Å². The third-order valence-corrected chi connectivity index (χ3v) is 4.51. The summed E-state index contributed by atoms with van der Waals surface area (Å²) in [5.41, 5.74) is 2.23. The third-order valence-electron chi connectivity index (χ3n) is 4.51. The van der Waals surface area contributed by atoms with Gasteiger partial charge in [-0.1, -0.05) is 0 Å². The fourth-order valence-electron chi connectivity index (χ4n) is 3.48. The van der Waals surface area contributed by atoms with Crippen molar-refractivity contribution in [3.63, 3.8) is 0 Å². The maximum absolute atomic E-state index is 5.49. The van der Waals surface area contributed by atoms with Gasteiger partial charge in [0.15, 0.2) is 0 Å². The Labute approximate surface area is 131 Å². The summed E-state index contributed by atoms with van der Waals surface area (Å²) in [6, 6.07) is 0. The molecule has 0 N–H and O–H groups in total. The molecule has 3 heterocycles. The highest BCUT2D eigenvalue weighted by atomic mass is 16.5. The highest BCUT2D eigenvalue weighted by molar-refractivity contribution is 5.30. The Morgan fingerprint density at radius 1 is 1.45 bits per heavy atom. The first-order valence-corrected chi connectivity index (χ1v) is 7.83. The number of imidazole rings is 1. The first-order valence-electron chi connectivity index (χ1n) is 7.83. The van der Waals surface area contributed by atoms with E-state index in [4.69, 9.17) is 4.74 Å². The Kier molecular flexibility index (Phi) is 4.20. The number of hydrogen-bond donors (Lipinski definition) is 0. The van der Waals surface area contributed by atoms with Gasteiger partial charge in [0.05, 0.1) is 18.4 Å². The monoisotopic (exact) mass is 303 g/mol. The smallest absolute Gasteiger partial charge is 0.216 e. The van der Waals surface area contributed by atoms with E-state index in [1.807, 2.05) is 24.9 Å². The first kappa shape index (κ1) is 15.1. The van der Waals surface area contributed by atoms with Crippen molar-refractivity contribution < 1.29 is 4.74 Å². The summed E-state index contributed by atoms with van der Waals surface area (Å²) in [5, 5.41) is 4.46. The third kappa shape index (κ3) is 2.88. The second-order valence-corrected chi connectivity index (χ2v) is 6.29. The molecule has 0 amide bonds. The molecule has 0 fully saturated rings. The van der Waals surface area contributed by atoms with Gasteiger partial charge in [0.1, 0.15) is 5.82 Å². The first-order chi connectivity index (χ1) is 10.6. The SMILES string of the molecule is COc1c(CN(C)CC2CCc3nccn3C2)c(C)nn1C. The van der Waals surface area contributed by atoms with Crippen molar-refractivity contribution in [3.05, 3.63) is 29.5 Å². The van der Waals surface area contributed by atoms with Gasteiger partial charge in [0.2, 0.25) is 5.88 Å². The molecule has 22 heavy (non-hydrogen) atoms. The van der Waals surface area contributed by atoms with Crippen molar-refractivity contribution in [1.82, 2.24) is 24.2 Å². The maximum Gasteiger partial charge on any atom is 0.216 e. The summed E-state index contributed by atoms with van der Waals surface area (Å²) in [6.07, 6.45) is 6.30. The van der Waals surface area contributed by atoms with E-state index < -0.39 is 0 Å². The molecule has 0 aliphatic carbocycles. The molecular weight excluding hydrogens is 278 g/mol. The lowest BCUT2D eigenvalue weighted by atomic mass is 9.99. The van der Waals surface area contributed by atoms with E-state index in [-0.39, 0.29) is 0 Å². The molecule has 0 aromatic carbocycles. The molecule has 1 atom stereocenters. The Bertz CT molecular complexity index is 645. The van der Waals surface area contributed by atoms with Crippen LogP contribution in [0.15, 0.2) is 12.4 Å². The predicted molar refractivity (Wildman–Crippen MR) is 84.9 cm³/mol. The summed E-state index contributed by atoms with van der Waals surface area (Å²) in [5.74, 6) is 2.77. The molecule has 0 saturated carbocycles. The lowest BCUT2D eigenvalue weighted by molar-refractivity contribution is 0.226. The second-order valence-electron chi connectivity index (χ2n) is 6.29. The molecule has 6 nitrogen and oxygen atoms in total. The fraction of sp³-hybridized carbons (Fsp3) is 0.625. The van der Waals surface area contributed by atoms with Crippen LogP contribution in [0, 0.1) is 12.8 Å². The molecule has 1 aliphatic heterocycles. The molecular formula is C16H25N5O. The maximum atomic E-state index is 5.49.